The molecule has 7 nitrogen and oxygen atoms in total. The van der Waals surface area contributed by atoms with E-state index in [1.165, 1.54) is 11.8 Å². The molecular weight excluding hydrogens is 414 g/mol. The van der Waals surface area contributed by atoms with E-state index in [1.54, 1.807) is 12.1 Å². The Kier molecular flexibility index (Phi) is 7.94. The summed E-state index contributed by atoms with van der Waals surface area (Å²) in [5, 5.41) is 11.1. The van der Waals surface area contributed by atoms with Crippen LogP contribution in [0.3, 0.4) is 0 Å². The predicted octanol–water partition coefficient (Wildman–Crippen LogP) is 5.21. The van der Waals surface area contributed by atoms with Crippen LogP contribution in [0, 0.1) is 6.92 Å². The van der Waals surface area contributed by atoms with E-state index in [4.69, 9.17) is 13.9 Å². The van der Waals surface area contributed by atoms with Crippen molar-refractivity contribution in [3.8, 4) is 11.5 Å². The van der Waals surface area contributed by atoms with E-state index in [0.29, 0.717) is 29.3 Å². The fourth-order valence-corrected chi connectivity index (χ4v) is 3.44. The molecule has 31 heavy (non-hydrogen) atoms. The smallest absolute Gasteiger partial charge is 0.277 e. The first-order chi connectivity index (χ1) is 14.9. The van der Waals surface area contributed by atoms with Gasteiger partial charge in [0.1, 0.15) is 11.5 Å². The number of carbonyl (C=O) groups excluding carboxylic acids is 1. The number of aryl methyl sites for hydroxylation is 1. The first-order valence-electron chi connectivity index (χ1n) is 10.2. The quantitative estimate of drug-likeness (QED) is 0.432. The summed E-state index contributed by atoms with van der Waals surface area (Å²) in [4.78, 5) is 12.2. The Labute approximate surface area is 186 Å². The number of nitrogens with zero attached hydrogens (tertiary/aromatic N) is 2. The van der Waals surface area contributed by atoms with E-state index in [2.05, 4.69) is 41.5 Å². The lowest BCUT2D eigenvalue weighted by Gasteiger charge is -2.13. The largest absolute Gasteiger partial charge is 0.494 e. The lowest BCUT2D eigenvalue weighted by molar-refractivity contribution is -0.113. The highest BCUT2D eigenvalue weighted by atomic mass is 32.2. The predicted molar refractivity (Wildman–Crippen MR) is 121 cm³/mol. The molecule has 0 aliphatic rings. The third-order valence-electron chi connectivity index (χ3n) is 4.37. The van der Waals surface area contributed by atoms with Gasteiger partial charge in [-0.15, -0.1) is 10.2 Å². The zero-order valence-electron chi connectivity index (χ0n) is 18.2. The van der Waals surface area contributed by atoms with Crippen LogP contribution in [0.1, 0.15) is 43.7 Å². The minimum absolute atomic E-state index is 0.158. The summed E-state index contributed by atoms with van der Waals surface area (Å²) in [5.74, 6) is 2.29. The van der Waals surface area contributed by atoms with E-state index in [0.717, 1.165) is 22.6 Å². The van der Waals surface area contributed by atoms with Gasteiger partial charge in [-0.25, -0.2) is 0 Å². The minimum atomic E-state index is -0.161. The third kappa shape index (κ3) is 6.75. The molecule has 164 valence electrons. The lowest BCUT2D eigenvalue weighted by atomic mass is 10.0. The van der Waals surface area contributed by atoms with Crippen LogP contribution in [0.15, 0.2) is 52.1 Å². The molecule has 0 aliphatic carbocycles. The van der Waals surface area contributed by atoms with Gasteiger partial charge in [0.05, 0.1) is 12.4 Å². The van der Waals surface area contributed by atoms with Crippen LogP contribution in [0.5, 0.6) is 11.5 Å². The SMILES string of the molecule is CCOc1ccc(NC(=O)CSc2nnc(COc3cc(C)ccc3C(C)C)o2)cc1. The maximum Gasteiger partial charge on any atom is 0.277 e. The molecule has 1 aromatic heterocycles. The molecule has 0 bridgehead atoms. The van der Waals surface area contributed by atoms with Crippen molar-refractivity contribution in [3.05, 3.63) is 59.5 Å². The molecule has 8 heteroatoms. The molecule has 1 amide bonds. The van der Waals surface area contributed by atoms with Crippen molar-refractivity contribution in [1.29, 1.82) is 0 Å². The molecule has 0 saturated carbocycles. The summed E-state index contributed by atoms with van der Waals surface area (Å²) in [6.45, 7) is 8.97. The Hall–Kier alpha value is -3.00. The number of thioether (sulfide) groups is 1. The number of hydrogen-bond donors (Lipinski definition) is 1. The average molecular weight is 442 g/mol. The Bertz CT molecular complexity index is 1000. The second-order valence-electron chi connectivity index (χ2n) is 7.24. The van der Waals surface area contributed by atoms with Crippen molar-refractivity contribution in [1.82, 2.24) is 10.2 Å². The van der Waals surface area contributed by atoms with Crippen molar-refractivity contribution in [2.45, 2.75) is 45.4 Å². The summed E-state index contributed by atoms with van der Waals surface area (Å²) in [5.41, 5.74) is 2.96. The summed E-state index contributed by atoms with van der Waals surface area (Å²) in [6.07, 6.45) is 0. The van der Waals surface area contributed by atoms with Gasteiger partial charge in [0.2, 0.25) is 5.91 Å². The van der Waals surface area contributed by atoms with Gasteiger partial charge in [0.25, 0.3) is 11.1 Å². The fraction of sp³-hybridized carbons (Fsp3) is 0.348. The van der Waals surface area contributed by atoms with E-state index < -0.39 is 0 Å². The highest BCUT2D eigenvalue weighted by Gasteiger charge is 2.13. The molecule has 0 unspecified atom stereocenters. The van der Waals surface area contributed by atoms with Gasteiger partial charge in [0, 0.05) is 5.69 Å². The van der Waals surface area contributed by atoms with Crippen molar-refractivity contribution in [3.63, 3.8) is 0 Å². The van der Waals surface area contributed by atoms with Crippen molar-refractivity contribution < 1.29 is 18.7 Å². The number of rotatable bonds is 10. The average Bonchev–Trinajstić information content (AvgIpc) is 3.20. The maximum atomic E-state index is 12.2. The molecule has 3 rings (SSSR count). The van der Waals surface area contributed by atoms with Crippen LogP contribution in [0.2, 0.25) is 0 Å². The van der Waals surface area contributed by atoms with Gasteiger partial charge >= 0.3 is 0 Å². The summed E-state index contributed by atoms with van der Waals surface area (Å²) >= 11 is 1.18. The highest BCUT2D eigenvalue weighted by molar-refractivity contribution is 7.99. The van der Waals surface area contributed by atoms with Gasteiger partial charge < -0.3 is 19.2 Å². The van der Waals surface area contributed by atoms with Gasteiger partial charge in [-0.05, 0) is 61.2 Å². The second kappa shape index (κ2) is 10.9. The topological polar surface area (TPSA) is 86.5 Å². The molecule has 0 atom stereocenters. The van der Waals surface area contributed by atoms with Crippen LogP contribution in [-0.2, 0) is 11.4 Å². The zero-order chi connectivity index (χ0) is 22.2. The third-order valence-corrected chi connectivity index (χ3v) is 5.18. The minimum Gasteiger partial charge on any atom is -0.494 e. The number of aromatic nitrogens is 2. The van der Waals surface area contributed by atoms with Gasteiger partial charge in [-0.1, -0.05) is 37.7 Å². The van der Waals surface area contributed by atoms with E-state index >= 15 is 0 Å². The number of ether oxygens (including phenoxy) is 2. The summed E-state index contributed by atoms with van der Waals surface area (Å²) in [6, 6.07) is 13.4. The van der Waals surface area contributed by atoms with E-state index in [1.807, 2.05) is 32.0 Å². The number of hydrogen-bond acceptors (Lipinski definition) is 7. The van der Waals surface area contributed by atoms with Crippen LogP contribution in [-0.4, -0.2) is 28.5 Å². The van der Waals surface area contributed by atoms with Gasteiger partial charge in [-0.2, -0.15) is 0 Å². The molecule has 2 aromatic carbocycles. The summed E-state index contributed by atoms with van der Waals surface area (Å²) in [7, 11) is 0. The number of nitrogens with one attached hydrogen (secondary N) is 1. The van der Waals surface area contributed by atoms with E-state index in [9.17, 15) is 4.79 Å². The number of anilines is 1. The molecular formula is C23H27N3O4S. The second-order valence-corrected chi connectivity index (χ2v) is 8.17. The highest BCUT2D eigenvalue weighted by Crippen LogP contribution is 2.28. The molecule has 0 radical (unpaired) electrons. The Morgan fingerprint density at radius 3 is 2.61 bits per heavy atom. The Morgan fingerprint density at radius 1 is 1.13 bits per heavy atom. The number of benzene rings is 2. The summed E-state index contributed by atoms with van der Waals surface area (Å²) < 4.78 is 16.9. The molecule has 0 saturated heterocycles. The molecule has 3 aromatic rings. The number of amides is 1. The first-order valence-corrected chi connectivity index (χ1v) is 11.1. The fourth-order valence-electron chi connectivity index (χ4n) is 2.86. The molecule has 1 heterocycles. The number of carbonyl (C=O) groups is 1. The van der Waals surface area contributed by atoms with Crippen molar-refractivity contribution in [2.24, 2.45) is 0 Å². The maximum absolute atomic E-state index is 12.2. The first kappa shape index (κ1) is 22.7. The van der Waals surface area contributed by atoms with Crippen LogP contribution in [0.25, 0.3) is 0 Å². The molecule has 0 spiro atoms. The standard InChI is InChI=1S/C23H27N3O4S/c1-5-28-18-9-7-17(8-10-18)24-21(27)14-31-23-26-25-22(30-23)13-29-20-12-16(4)6-11-19(20)15(2)3/h6-12,15H,5,13-14H2,1-4H3,(H,24,27). The van der Waals surface area contributed by atoms with Crippen LogP contribution >= 0.6 is 11.8 Å². The normalized spacial score (nSPS) is 10.9. The molecule has 0 aliphatic heterocycles. The van der Waals surface area contributed by atoms with Crippen molar-refractivity contribution in [2.75, 3.05) is 17.7 Å². The lowest BCUT2D eigenvalue weighted by Crippen LogP contribution is -2.13. The van der Waals surface area contributed by atoms with Crippen molar-refractivity contribution >= 4 is 23.4 Å². The van der Waals surface area contributed by atoms with E-state index in [-0.39, 0.29) is 18.3 Å². The molecule has 0 fully saturated rings. The van der Waals surface area contributed by atoms with Gasteiger partial charge in [0.15, 0.2) is 6.61 Å². The Morgan fingerprint density at radius 2 is 1.90 bits per heavy atom. The molecule has 1 N–H and O–H groups in total. The Balaban J connectivity index is 1.49. The van der Waals surface area contributed by atoms with Gasteiger partial charge in [-0.3, -0.25) is 4.79 Å². The van der Waals surface area contributed by atoms with Crippen LogP contribution in [0.4, 0.5) is 5.69 Å². The monoisotopic (exact) mass is 441 g/mol. The zero-order valence-corrected chi connectivity index (χ0v) is 19.0. The van der Waals surface area contributed by atoms with Crippen LogP contribution < -0.4 is 14.8 Å².